The van der Waals surface area contributed by atoms with Crippen molar-refractivity contribution >= 4 is 25.4 Å². The predicted molar refractivity (Wildman–Crippen MR) is 129 cm³/mol. The molecule has 0 spiro atoms. The first-order valence-corrected chi connectivity index (χ1v) is 12.6. The molecule has 3 rings (SSSR count). The van der Waals surface area contributed by atoms with E-state index in [1.807, 2.05) is 19.1 Å². The van der Waals surface area contributed by atoms with Gasteiger partial charge in [0.05, 0.1) is 0 Å². The summed E-state index contributed by atoms with van der Waals surface area (Å²) in [4.78, 5) is 14.9. The summed E-state index contributed by atoms with van der Waals surface area (Å²) in [5.41, 5.74) is 4.23. The van der Waals surface area contributed by atoms with E-state index in [-0.39, 0.29) is 38.5 Å². The minimum absolute atomic E-state index is 0.0303. The molecular formula is C27H32O4Se. The summed E-state index contributed by atoms with van der Waals surface area (Å²) < 4.78 is 17.6. The Bertz CT molecular complexity index is 1030. The molecule has 1 aliphatic rings. The maximum atomic E-state index is 11.6. The molecule has 0 atom stereocenters. The van der Waals surface area contributed by atoms with Gasteiger partial charge in [0.2, 0.25) is 0 Å². The zero-order valence-electron chi connectivity index (χ0n) is 19.8. The Balaban J connectivity index is 1.90. The van der Waals surface area contributed by atoms with Crippen LogP contribution >= 0.6 is 0 Å². The molecule has 0 aromatic heterocycles. The Kier molecular flexibility index (Phi) is 7.72. The molecule has 0 unspecified atom stereocenters. The Morgan fingerprint density at radius 2 is 1.75 bits per heavy atom. The van der Waals surface area contributed by atoms with Crippen LogP contribution in [0.3, 0.4) is 0 Å². The topological polar surface area (TPSA) is 44.8 Å². The third kappa shape index (κ3) is 5.56. The van der Waals surface area contributed by atoms with Crippen LogP contribution in [0.15, 0.2) is 36.4 Å². The Morgan fingerprint density at radius 3 is 2.41 bits per heavy atom. The second-order valence-electron chi connectivity index (χ2n) is 9.26. The molecule has 4 nitrogen and oxygen atoms in total. The van der Waals surface area contributed by atoms with Crippen molar-refractivity contribution in [2.24, 2.45) is 0 Å². The molecule has 0 saturated heterocycles. The number of benzene rings is 2. The van der Waals surface area contributed by atoms with Crippen LogP contribution in [0.2, 0.25) is 0 Å². The van der Waals surface area contributed by atoms with E-state index in [4.69, 9.17) is 14.2 Å². The average molecular weight is 500 g/mol. The van der Waals surface area contributed by atoms with Gasteiger partial charge < -0.3 is 0 Å². The van der Waals surface area contributed by atoms with Gasteiger partial charge in [0, 0.05) is 0 Å². The van der Waals surface area contributed by atoms with Crippen molar-refractivity contribution in [2.75, 3.05) is 20.5 Å². The molecule has 0 bridgehead atoms. The van der Waals surface area contributed by atoms with Crippen LogP contribution in [-0.2, 0) is 20.3 Å². The Morgan fingerprint density at radius 1 is 1.06 bits per heavy atom. The van der Waals surface area contributed by atoms with Crippen molar-refractivity contribution in [3.8, 4) is 16.5 Å². The SMILES string of the molecule is CCOCOc1cc([Se]C#Cc2ccc(C(=O)OC)cc2)cc2c1C(C)(C)CCC2(C)C. The van der Waals surface area contributed by atoms with E-state index in [2.05, 4.69) is 50.6 Å². The number of methoxy groups -OCH3 is 1. The molecule has 0 N–H and O–H groups in total. The van der Waals surface area contributed by atoms with Gasteiger partial charge in [-0.15, -0.1) is 0 Å². The third-order valence-electron chi connectivity index (χ3n) is 6.03. The summed E-state index contributed by atoms with van der Waals surface area (Å²) in [5, 5.41) is 0. The summed E-state index contributed by atoms with van der Waals surface area (Å²) in [7, 11) is 1.38. The first-order valence-electron chi connectivity index (χ1n) is 10.9. The van der Waals surface area contributed by atoms with Crippen LogP contribution < -0.4 is 9.20 Å². The summed E-state index contributed by atoms with van der Waals surface area (Å²) in [5.74, 6) is 3.81. The molecule has 0 aliphatic heterocycles. The number of carbonyl (C=O) groups is 1. The molecule has 0 fully saturated rings. The standard InChI is InChI=1S/C27H32O4Se/c1-7-30-18-31-23-17-21(16-22-24(23)27(4,5)14-13-26(22,2)3)32-15-12-19-8-10-20(11-9-19)25(28)29-6/h8-11,16-17H,7,13-14,18H2,1-6H3. The van der Waals surface area contributed by atoms with Gasteiger partial charge in [0.25, 0.3) is 0 Å². The van der Waals surface area contributed by atoms with Crippen LogP contribution in [0.25, 0.3) is 0 Å². The van der Waals surface area contributed by atoms with Gasteiger partial charge in [0.15, 0.2) is 0 Å². The fourth-order valence-corrected chi connectivity index (χ4v) is 5.34. The number of carbonyl (C=O) groups excluding carboxylic acids is 1. The van der Waals surface area contributed by atoms with Crippen LogP contribution in [0.5, 0.6) is 5.75 Å². The zero-order valence-corrected chi connectivity index (χ0v) is 21.5. The molecule has 1 aliphatic carbocycles. The van der Waals surface area contributed by atoms with Crippen molar-refractivity contribution in [3.05, 3.63) is 58.7 Å². The monoisotopic (exact) mass is 500 g/mol. The number of ether oxygens (including phenoxy) is 3. The average Bonchev–Trinajstić information content (AvgIpc) is 2.77. The maximum absolute atomic E-state index is 11.6. The second kappa shape index (κ2) is 10.1. The molecule has 0 amide bonds. The van der Waals surface area contributed by atoms with Crippen molar-refractivity contribution in [1.82, 2.24) is 0 Å². The summed E-state index contributed by atoms with van der Waals surface area (Å²) in [6.07, 6.45) is 2.27. The van der Waals surface area contributed by atoms with E-state index in [1.165, 1.54) is 22.7 Å². The summed E-state index contributed by atoms with van der Waals surface area (Å²) >= 11 is -0.0303. The van der Waals surface area contributed by atoms with E-state index in [9.17, 15) is 4.79 Å². The Hall–Kier alpha value is -2.25. The van der Waals surface area contributed by atoms with Gasteiger partial charge in [-0.05, 0) is 0 Å². The normalized spacial score (nSPS) is 15.8. The summed E-state index contributed by atoms with van der Waals surface area (Å²) in [6, 6.07) is 11.7. The second-order valence-corrected chi connectivity index (χ2v) is 11.1. The van der Waals surface area contributed by atoms with Gasteiger partial charge in [-0.3, -0.25) is 0 Å². The molecule has 170 valence electrons. The first-order chi connectivity index (χ1) is 15.2. The Labute approximate surface area is 198 Å². The van der Waals surface area contributed by atoms with Crippen molar-refractivity contribution in [3.63, 3.8) is 0 Å². The van der Waals surface area contributed by atoms with Gasteiger partial charge in [-0.25, -0.2) is 0 Å². The van der Waals surface area contributed by atoms with Gasteiger partial charge in [0.1, 0.15) is 0 Å². The van der Waals surface area contributed by atoms with Crippen molar-refractivity contribution in [2.45, 2.75) is 58.3 Å². The quantitative estimate of drug-likeness (QED) is 0.193. The van der Waals surface area contributed by atoms with Crippen molar-refractivity contribution < 1.29 is 19.0 Å². The molecule has 2 aromatic rings. The van der Waals surface area contributed by atoms with E-state index in [0.29, 0.717) is 12.2 Å². The molecule has 0 saturated carbocycles. The van der Waals surface area contributed by atoms with E-state index in [1.54, 1.807) is 12.1 Å². The van der Waals surface area contributed by atoms with E-state index in [0.717, 1.165) is 24.2 Å². The number of esters is 1. The van der Waals surface area contributed by atoms with E-state index >= 15 is 0 Å². The van der Waals surface area contributed by atoms with Gasteiger partial charge >= 0.3 is 198 Å². The minimum atomic E-state index is -0.340. The van der Waals surface area contributed by atoms with Crippen LogP contribution in [-0.4, -0.2) is 41.4 Å². The number of fused-ring (bicyclic) bond motifs is 1. The van der Waals surface area contributed by atoms with Crippen molar-refractivity contribution in [1.29, 1.82) is 0 Å². The fourth-order valence-electron chi connectivity index (χ4n) is 4.02. The molecule has 32 heavy (non-hydrogen) atoms. The van der Waals surface area contributed by atoms with Crippen LogP contribution in [0, 0.1) is 10.7 Å². The number of hydrogen-bond donors (Lipinski definition) is 0. The molecular weight excluding hydrogens is 467 g/mol. The molecule has 5 heteroatoms. The fraction of sp³-hybridized carbons (Fsp3) is 0.444. The molecule has 0 heterocycles. The van der Waals surface area contributed by atoms with Gasteiger partial charge in [-0.1, -0.05) is 0 Å². The summed E-state index contributed by atoms with van der Waals surface area (Å²) in [6.45, 7) is 12.1. The van der Waals surface area contributed by atoms with Gasteiger partial charge in [-0.2, -0.15) is 0 Å². The zero-order chi connectivity index (χ0) is 23.4. The predicted octanol–water partition coefficient (Wildman–Crippen LogP) is 4.53. The molecule has 0 radical (unpaired) electrons. The third-order valence-corrected chi connectivity index (χ3v) is 7.45. The van der Waals surface area contributed by atoms with Crippen LogP contribution in [0.4, 0.5) is 0 Å². The van der Waals surface area contributed by atoms with Crippen LogP contribution in [0.1, 0.15) is 74.5 Å². The van der Waals surface area contributed by atoms with E-state index < -0.39 is 0 Å². The number of rotatable bonds is 6. The number of hydrogen-bond acceptors (Lipinski definition) is 4. The molecule has 2 aromatic carbocycles. The first kappa shape index (κ1) is 24.4.